The number of hydrogen-bond acceptors (Lipinski definition) is 2. The van der Waals surface area contributed by atoms with Gasteiger partial charge < -0.3 is 0 Å². The molecular weight excluding hydrogens is 160 g/mol. The number of alkyl halides is 1. The monoisotopic (exact) mass is 169 g/mol. The highest BCUT2D eigenvalue weighted by molar-refractivity contribution is 6.20. The molecule has 0 bridgehead atoms. The normalized spacial score (nSPS) is 12.9. The minimum Gasteiger partial charge on any atom is -0.240 e. The van der Waals surface area contributed by atoms with Gasteiger partial charge in [-0.1, -0.05) is 13.3 Å². The van der Waals surface area contributed by atoms with E-state index in [0.717, 1.165) is 12.8 Å². The predicted molar refractivity (Wildman–Crippen MR) is 45.2 cm³/mol. The van der Waals surface area contributed by atoms with Crippen LogP contribution in [0.25, 0.3) is 0 Å². The third kappa shape index (κ3) is 2.46. The lowest BCUT2D eigenvalue weighted by Crippen LogP contribution is -1.96. The summed E-state index contributed by atoms with van der Waals surface area (Å²) in [5, 5.41) is -0.0892. The molecule has 0 spiro atoms. The molecule has 0 saturated heterocycles. The number of hydrogen-bond donors (Lipinski definition) is 0. The summed E-state index contributed by atoms with van der Waals surface area (Å²) >= 11 is 5.94. The summed E-state index contributed by atoms with van der Waals surface area (Å²) in [6.45, 7) is 3.71. The summed E-state index contributed by atoms with van der Waals surface area (Å²) < 4.78 is 0. The molecule has 1 radical (unpaired) electrons. The van der Waals surface area contributed by atoms with E-state index in [1.165, 1.54) is 0 Å². The molecule has 0 fully saturated rings. The quantitative estimate of drug-likeness (QED) is 0.650. The maximum absolute atomic E-state index is 5.94. The van der Waals surface area contributed by atoms with Crippen molar-refractivity contribution in [2.24, 2.45) is 0 Å². The molecule has 1 unspecified atom stereocenters. The van der Waals surface area contributed by atoms with Crippen molar-refractivity contribution in [2.75, 3.05) is 0 Å². The van der Waals surface area contributed by atoms with Crippen LogP contribution < -0.4 is 0 Å². The first-order valence-electron chi connectivity index (χ1n) is 3.55. The lowest BCUT2D eigenvalue weighted by molar-refractivity contribution is 0.756. The van der Waals surface area contributed by atoms with Crippen molar-refractivity contribution in [3.05, 3.63) is 31.2 Å². The Balaban J connectivity index is 2.61. The minimum absolute atomic E-state index is 0.0892. The molecular formula is C8H10ClN2. The highest BCUT2D eigenvalue weighted by Gasteiger charge is 2.07. The Morgan fingerprint density at radius 3 is 2.64 bits per heavy atom. The first-order valence-corrected chi connectivity index (χ1v) is 3.98. The zero-order valence-electron chi connectivity index (χ0n) is 6.20. The molecule has 1 heterocycles. The predicted octanol–water partition coefficient (Wildman–Crippen LogP) is 2.37. The molecule has 1 atom stereocenters. The second-order valence-corrected chi connectivity index (χ2v) is 2.74. The van der Waals surface area contributed by atoms with Gasteiger partial charge in [0.2, 0.25) is 0 Å². The van der Waals surface area contributed by atoms with Crippen LogP contribution in [0, 0.1) is 6.92 Å². The van der Waals surface area contributed by atoms with Crippen molar-refractivity contribution in [1.82, 2.24) is 9.97 Å². The number of nitrogens with zero attached hydrogens (tertiary/aromatic N) is 2. The molecule has 2 nitrogen and oxygen atoms in total. The second kappa shape index (κ2) is 4.29. The summed E-state index contributed by atoms with van der Waals surface area (Å²) in [5.74, 6) is 0.692. The van der Waals surface area contributed by atoms with Gasteiger partial charge in [-0.3, -0.25) is 0 Å². The molecule has 0 aromatic carbocycles. The van der Waals surface area contributed by atoms with Crippen molar-refractivity contribution < 1.29 is 0 Å². The standard InChI is InChI=1S/C8H10ClN2/c1-2-4-7(9)8-10-5-3-6-11-8/h3,5-7H,1-2,4H2. The van der Waals surface area contributed by atoms with Gasteiger partial charge in [0.05, 0.1) is 5.38 Å². The lowest BCUT2D eigenvalue weighted by Gasteiger charge is -2.03. The molecule has 0 N–H and O–H groups in total. The highest BCUT2D eigenvalue weighted by Crippen LogP contribution is 2.20. The third-order valence-electron chi connectivity index (χ3n) is 1.32. The van der Waals surface area contributed by atoms with Crippen molar-refractivity contribution in [2.45, 2.75) is 18.2 Å². The first-order chi connectivity index (χ1) is 5.34. The molecule has 1 aromatic rings. The van der Waals surface area contributed by atoms with Crippen LogP contribution in [0.2, 0.25) is 0 Å². The molecule has 0 aliphatic rings. The van der Waals surface area contributed by atoms with Crippen molar-refractivity contribution in [3.8, 4) is 0 Å². The van der Waals surface area contributed by atoms with Crippen LogP contribution in [0.5, 0.6) is 0 Å². The van der Waals surface area contributed by atoms with Gasteiger partial charge in [-0.05, 0) is 12.5 Å². The van der Waals surface area contributed by atoms with Gasteiger partial charge in [0.25, 0.3) is 0 Å². The average molecular weight is 170 g/mol. The van der Waals surface area contributed by atoms with Crippen LogP contribution in [0.4, 0.5) is 0 Å². The zero-order chi connectivity index (χ0) is 8.10. The highest BCUT2D eigenvalue weighted by atomic mass is 35.5. The van der Waals surface area contributed by atoms with E-state index in [0.29, 0.717) is 5.82 Å². The summed E-state index contributed by atoms with van der Waals surface area (Å²) in [5.41, 5.74) is 0. The maximum atomic E-state index is 5.94. The minimum atomic E-state index is -0.0892. The van der Waals surface area contributed by atoms with Crippen molar-refractivity contribution in [1.29, 1.82) is 0 Å². The summed E-state index contributed by atoms with van der Waals surface area (Å²) in [7, 11) is 0. The van der Waals surface area contributed by atoms with Crippen LogP contribution in [0.1, 0.15) is 24.0 Å². The fourth-order valence-corrected chi connectivity index (χ4v) is 1.05. The fourth-order valence-electron chi connectivity index (χ4n) is 0.781. The average Bonchev–Trinajstić information content (AvgIpc) is 2.07. The summed E-state index contributed by atoms with van der Waals surface area (Å²) in [6.07, 6.45) is 5.03. The Hall–Kier alpha value is -0.630. The lowest BCUT2D eigenvalue weighted by atomic mass is 10.2. The van der Waals surface area contributed by atoms with E-state index in [2.05, 4.69) is 16.9 Å². The van der Waals surface area contributed by atoms with E-state index in [9.17, 15) is 0 Å². The summed E-state index contributed by atoms with van der Waals surface area (Å²) in [4.78, 5) is 8.05. The van der Waals surface area contributed by atoms with Crippen molar-refractivity contribution in [3.63, 3.8) is 0 Å². The number of rotatable bonds is 3. The van der Waals surface area contributed by atoms with Gasteiger partial charge in [-0.25, -0.2) is 9.97 Å². The summed E-state index contributed by atoms with van der Waals surface area (Å²) in [6, 6.07) is 1.78. The van der Waals surface area contributed by atoms with Crippen LogP contribution in [-0.4, -0.2) is 9.97 Å². The molecule has 59 valence electrons. The molecule has 1 aromatic heterocycles. The van der Waals surface area contributed by atoms with E-state index in [-0.39, 0.29) is 5.38 Å². The van der Waals surface area contributed by atoms with Crippen LogP contribution in [-0.2, 0) is 0 Å². The van der Waals surface area contributed by atoms with E-state index >= 15 is 0 Å². The van der Waals surface area contributed by atoms with E-state index in [1.807, 2.05) is 0 Å². The fraction of sp³-hybridized carbons (Fsp3) is 0.375. The van der Waals surface area contributed by atoms with Crippen LogP contribution in [0.15, 0.2) is 18.5 Å². The smallest absolute Gasteiger partial charge is 0.146 e. The van der Waals surface area contributed by atoms with Gasteiger partial charge in [0.15, 0.2) is 0 Å². The Bertz CT molecular complexity index is 201. The van der Waals surface area contributed by atoms with E-state index < -0.39 is 0 Å². The maximum Gasteiger partial charge on any atom is 0.146 e. The molecule has 0 saturated carbocycles. The van der Waals surface area contributed by atoms with E-state index in [1.54, 1.807) is 18.5 Å². The molecule has 0 aliphatic heterocycles. The van der Waals surface area contributed by atoms with Crippen LogP contribution in [0.3, 0.4) is 0 Å². The molecule has 0 amide bonds. The molecule has 0 aliphatic carbocycles. The van der Waals surface area contributed by atoms with Gasteiger partial charge in [-0.15, -0.1) is 11.6 Å². The topological polar surface area (TPSA) is 25.8 Å². The molecule has 3 heteroatoms. The number of aromatic nitrogens is 2. The Kier molecular flexibility index (Phi) is 3.30. The molecule has 11 heavy (non-hydrogen) atoms. The SMILES string of the molecule is [CH2]CCC(Cl)c1ncccn1. The molecule has 1 rings (SSSR count). The van der Waals surface area contributed by atoms with Gasteiger partial charge in [-0.2, -0.15) is 0 Å². The Morgan fingerprint density at radius 1 is 1.45 bits per heavy atom. The van der Waals surface area contributed by atoms with Gasteiger partial charge >= 0.3 is 0 Å². The Morgan fingerprint density at radius 2 is 2.09 bits per heavy atom. The van der Waals surface area contributed by atoms with E-state index in [4.69, 9.17) is 11.6 Å². The zero-order valence-corrected chi connectivity index (χ0v) is 6.96. The van der Waals surface area contributed by atoms with Gasteiger partial charge in [0, 0.05) is 12.4 Å². The first kappa shape index (κ1) is 8.47. The van der Waals surface area contributed by atoms with Crippen molar-refractivity contribution >= 4 is 11.6 Å². The van der Waals surface area contributed by atoms with Gasteiger partial charge in [0.1, 0.15) is 5.82 Å². The van der Waals surface area contributed by atoms with Crippen LogP contribution >= 0.6 is 11.6 Å². The Labute approximate surface area is 71.6 Å². The largest absolute Gasteiger partial charge is 0.240 e. The third-order valence-corrected chi connectivity index (χ3v) is 1.74. The second-order valence-electron chi connectivity index (χ2n) is 2.22. The number of halogens is 1.